The summed E-state index contributed by atoms with van der Waals surface area (Å²) in [6.45, 7) is 5.26. The molecule has 1 fully saturated rings. The Bertz CT molecular complexity index is 1050. The maximum absolute atomic E-state index is 13.2. The number of carbonyl (C=O) groups is 3. The van der Waals surface area contributed by atoms with Crippen molar-refractivity contribution < 1.29 is 24.0 Å². The number of nitro groups is 1. The SMILES string of the molecule is CCOC(=O)c1c(C)c(C(=O)CN(C(=O)c2ccc([N+](=O)[O-])cc2)C2CC2)c(C)n1C. The molecule has 0 bridgehead atoms. The first kappa shape index (κ1) is 22.2. The van der Waals surface area contributed by atoms with Gasteiger partial charge in [-0.25, -0.2) is 4.79 Å². The molecule has 1 aliphatic carbocycles. The molecular weight excluding hydrogens is 402 g/mol. The molecule has 0 saturated heterocycles. The second-order valence-corrected chi connectivity index (χ2v) is 7.60. The molecule has 0 unspecified atom stereocenters. The van der Waals surface area contributed by atoms with Gasteiger partial charge in [-0.1, -0.05) is 0 Å². The van der Waals surface area contributed by atoms with Crippen LogP contribution in [0.4, 0.5) is 5.69 Å². The summed E-state index contributed by atoms with van der Waals surface area (Å²) in [6.07, 6.45) is 1.60. The molecule has 31 heavy (non-hydrogen) atoms. The molecule has 1 amide bonds. The molecule has 0 radical (unpaired) electrons. The Balaban J connectivity index is 1.87. The monoisotopic (exact) mass is 427 g/mol. The van der Waals surface area contributed by atoms with E-state index in [1.807, 2.05) is 0 Å². The van der Waals surface area contributed by atoms with E-state index >= 15 is 0 Å². The van der Waals surface area contributed by atoms with E-state index in [9.17, 15) is 24.5 Å². The molecule has 164 valence electrons. The molecule has 9 heteroatoms. The van der Waals surface area contributed by atoms with Crippen molar-refractivity contribution in [3.63, 3.8) is 0 Å². The van der Waals surface area contributed by atoms with Gasteiger partial charge in [0.25, 0.3) is 11.6 Å². The number of amides is 1. The average Bonchev–Trinajstić information content (AvgIpc) is 3.53. The molecule has 1 aromatic heterocycles. The van der Waals surface area contributed by atoms with Crippen LogP contribution < -0.4 is 0 Å². The number of rotatable bonds is 8. The normalized spacial score (nSPS) is 13.0. The fraction of sp³-hybridized carbons (Fsp3) is 0.409. The van der Waals surface area contributed by atoms with Gasteiger partial charge in [0.2, 0.25) is 0 Å². The Morgan fingerprint density at radius 1 is 1.19 bits per heavy atom. The van der Waals surface area contributed by atoms with Crippen molar-refractivity contribution in [2.75, 3.05) is 13.2 Å². The number of benzene rings is 1. The average molecular weight is 427 g/mol. The zero-order valence-corrected chi connectivity index (χ0v) is 18.0. The van der Waals surface area contributed by atoms with Crippen LogP contribution in [0.2, 0.25) is 0 Å². The van der Waals surface area contributed by atoms with Gasteiger partial charge in [0.05, 0.1) is 18.1 Å². The lowest BCUT2D eigenvalue weighted by Gasteiger charge is -2.22. The molecule has 0 N–H and O–H groups in total. The largest absolute Gasteiger partial charge is 0.461 e. The summed E-state index contributed by atoms with van der Waals surface area (Å²) in [6, 6.07) is 5.31. The van der Waals surface area contributed by atoms with Crippen LogP contribution in [0.3, 0.4) is 0 Å². The van der Waals surface area contributed by atoms with Gasteiger partial charge in [-0.3, -0.25) is 19.7 Å². The van der Waals surface area contributed by atoms with Crippen LogP contribution in [0.5, 0.6) is 0 Å². The Morgan fingerprint density at radius 2 is 1.81 bits per heavy atom. The van der Waals surface area contributed by atoms with Crippen LogP contribution in [0.25, 0.3) is 0 Å². The predicted octanol–water partition coefficient (Wildman–Crippen LogP) is 3.21. The van der Waals surface area contributed by atoms with Crippen molar-refractivity contribution in [2.45, 2.75) is 39.7 Å². The Hall–Kier alpha value is -3.49. The van der Waals surface area contributed by atoms with Crippen molar-refractivity contribution >= 4 is 23.3 Å². The number of non-ortho nitro benzene ring substituents is 1. The Morgan fingerprint density at radius 3 is 2.32 bits per heavy atom. The summed E-state index contributed by atoms with van der Waals surface area (Å²) >= 11 is 0. The molecule has 1 aromatic carbocycles. The van der Waals surface area contributed by atoms with Gasteiger partial charge in [-0.2, -0.15) is 0 Å². The van der Waals surface area contributed by atoms with E-state index in [2.05, 4.69) is 0 Å². The van der Waals surface area contributed by atoms with E-state index in [0.717, 1.165) is 12.8 Å². The van der Waals surface area contributed by atoms with Gasteiger partial charge in [-0.05, 0) is 51.3 Å². The second kappa shape index (κ2) is 8.71. The number of hydrogen-bond donors (Lipinski definition) is 0. The van der Waals surface area contributed by atoms with E-state index in [0.29, 0.717) is 28.1 Å². The van der Waals surface area contributed by atoms with Gasteiger partial charge in [0, 0.05) is 42.0 Å². The third-order valence-electron chi connectivity index (χ3n) is 5.57. The molecule has 0 spiro atoms. The molecule has 3 rings (SSSR count). The lowest BCUT2D eigenvalue weighted by Crippen LogP contribution is -2.37. The van der Waals surface area contributed by atoms with Gasteiger partial charge in [0.1, 0.15) is 5.69 Å². The molecule has 1 aliphatic rings. The number of nitro benzene ring substituents is 1. The highest BCUT2D eigenvalue weighted by molar-refractivity contribution is 6.06. The minimum Gasteiger partial charge on any atom is -0.461 e. The zero-order chi connectivity index (χ0) is 22.9. The van der Waals surface area contributed by atoms with Gasteiger partial charge in [0.15, 0.2) is 5.78 Å². The van der Waals surface area contributed by atoms with Crippen LogP contribution in [-0.4, -0.2) is 51.2 Å². The minimum absolute atomic E-state index is 0.0412. The van der Waals surface area contributed by atoms with Gasteiger partial charge < -0.3 is 14.2 Å². The van der Waals surface area contributed by atoms with Crippen LogP contribution in [-0.2, 0) is 11.8 Å². The summed E-state index contributed by atoms with van der Waals surface area (Å²) in [5.41, 5.74) is 2.08. The lowest BCUT2D eigenvalue weighted by molar-refractivity contribution is -0.384. The lowest BCUT2D eigenvalue weighted by atomic mass is 10.0. The standard InChI is InChI=1S/C22H25N3O6/c1-5-31-22(28)20-13(2)19(14(3)23(20)4)18(26)12-24(16-10-11-16)21(27)15-6-8-17(9-7-15)25(29)30/h6-9,16H,5,10-12H2,1-4H3. The number of Topliss-reactive ketones (excluding diaryl/α,β-unsaturated/α-hetero) is 1. The van der Waals surface area contributed by atoms with Crippen LogP contribution in [0.15, 0.2) is 24.3 Å². The third-order valence-corrected chi connectivity index (χ3v) is 5.57. The highest BCUT2D eigenvalue weighted by Gasteiger charge is 2.36. The summed E-state index contributed by atoms with van der Waals surface area (Å²) in [5.74, 6) is -1.10. The summed E-state index contributed by atoms with van der Waals surface area (Å²) in [4.78, 5) is 50.4. The number of ketones is 1. The quantitative estimate of drug-likeness (QED) is 0.277. The number of ether oxygens (including phenoxy) is 1. The van der Waals surface area contributed by atoms with E-state index in [1.54, 1.807) is 32.4 Å². The van der Waals surface area contributed by atoms with E-state index in [4.69, 9.17) is 4.74 Å². The highest BCUT2D eigenvalue weighted by Crippen LogP contribution is 2.30. The maximum Gasteiger partial charge on any atom is 0.355 e. The number of hydrogen-bond acceptors (Lipinski definition) is 6. The fourth-order valence-electron chi connectivity index (χ4n) is 3.76. The predicted molar refractivity (Wildman–Crippen MR) is 112 cm³/mol. The number of carbonyl (C=O) groups excluding carboxylic acids is 3. The van der Waals surface area contributed by atoms with E-state index in [-0.39, 0.29) is 36.6 Å². The van der Waals surface area contributed by atoms with Gasteiger partial charge in [-0.15, -0.1) is 0 Å². The number of nitrogens with zero attached hydrogens (tertiary/aromatic N) is 3. The molecule has 9 nitrogen and oxygen atoms in total. The topological polar surface area (TPSA) is 112 Å². The fourth-order valence-corrected chi connectivity index (χ4v) is 3.76. The Labute approximate surface area is 179 Å². The third kappa shape index (κ3) is 4.35. The summed E-state index contributed by atoms with van der Waals surface area (Å²) in [7, 11) is 1.70. The first-order valence-corrected chi connectivity index (χ1v) is 10.1. The highest BCUT2D eigenvalue weighted by atomic mass is 16.6. The molecule has 1 saturated carbocycles. The smallest absolute Gasteiger partial charge is 0.355 e. The minimum atomic E-state index is -0.529. The van der Waals surface area contributed by atoms with Gasteiger partial charge >= 0.3 is 5.97 Å². The van der Waals surface area contributed by atoms with Crippen molar-refractivity contribution in [2.24, 2.45) is 7.05 Å². The molecular formula is C22H25N3O6. The molecule has 2 aromatic rings. The summed E-state index contributed by atoms with van der Waals surface area (Å²) in [5, 5.41) is 10.8. The van der Waals surface area contributed by atoms with Crippen LogP contribution >= 0.6 is 0 Å². The van der Waals surface area contributed by atoms with Crippen molar-refractivity contribution in [3.05, 3.63) is 62.5 Å². The number of esters is 1. The van der Waals surface area contributed by atoms with Crippen LogP contribution in [0.1, 0.15) is 62.2 Å². The zero-order valence-electron chi connectivity index (χ0n) is 18.0. The van der Waals surface area contributed by atoms with E-state index < -0.39 is 10.9 Å². The summed E-state index contributed by atoms with van der Waals surface area (Å²) < 4.78 is 6.75. The molecule has 1 heterocycles. The van der Waals surface area contributed by atoms with Crippen LogP contribution in [0, 0.1) is 24.0 Å². The molecule has 0 aliphatic heterocycles. The first-order chi connectivity index (χ1) is 14.7. The Kier molecular flexibility index (Phi) is 6.24. The van der Waals surface area contributed by atoms with Crippen molar-refractivity contribution in [1.82, 2.24) is 9.47 Å². The first-order valence-electron chi connectivity index (χ1n) is 10.1. The van der Waals surface area contributed by atoms with Crippen molar-refractivity contribution in [1.29, 1.82) is 0 Å². The van der Waals surface area contributed by atoms with E-state index in [1.165, 1.54) is 29.2 Å². The molecule has 0 atom stereocenters. The second-order valence-electron chi connectivity index (χ2n) is 7.60. The van der Waals surface area contributed by atoms with Crippen molar-refractivity contribution in [3.8, 4) is 0 Å². The maximum atomic E-state index is 13.2. The number of aromatic nitrogens is 1.